The molecule has 0 bridgehead atoms. The summed E-state index contributed by atoms with van der Waals surface area (Å²) in [5.74, 6) is 1.10. The Morgan fingerprint density at radius 1 is 1.35 bits per heavy atom. The Balaban J connectivity index is 2.07. The zero-order valence-electron chi connectivity index (χ0n) is 9.08. The lowest BCUT2D eigenvalue weighted by Gasteiger charge is -1.92. The van der Waals surface area contributed by atoms with Gasteiger partial charge in [-0.2, -0.15) is 10.1 Å². The molecule has 86 valence electrons. The average molecular weight is 229 g/mol. The van der Waals surface area contributed by atoms with Gasteiger partial charge in [0.25, 0.3) is 5.89 Å². The fourth-order valence-electron chi connectivity index (χ4n) is 1.69. The molecule has 3 aromatic rings. The Labute approximate surface area is 97.0 Å². The average Bonchev–Trinajstić information content (AvgIpc) is 2.95. The van der Waals surface area contributed by atoms with Crippen molar-refractivity contribution < 1.29 is 4.52 Å². The number of nitrogens with zero attached hydrogens (tertiary/aromatic N) is 4. The third-order valence-corrected chi connectivity index (χ3v) is 2.49. The Morgan fingerprint density at radius 2 is 2.29 bits per heavy atom. The monoisotopic (exact) mass is 229 g/mol. The van der Waals surface area contributed by atoms with Crippen molar-refractivity contribution >= 4 is 5.52 Å². The highest BCUT2D eigenvalue weighted by Gasteiger charge is 2.13. The lowest BCUT2D eigenvalue weighted by atomic mass is 10.2. The minimum Gasteiger partial charge on any atom is -0.334 e. The van der Waals surface area contributed by atoms with Gasteiger partial charge in [0, 0.05) is 12.6 Å². The number of rotatable bonds is 3. The van der Waals surface area contributed by atoms with Gasteiger partial charge in [-0.15, -0.1) is 0 Å². The predicted molar refractivity (Wildman–Crippen MR) is 61.2 cm³/mol. The van der Waals surface area contributed by atoms with Crippen LogP contribution in [0.15, 0.2) is 35.1 Å². The van der Waals surface area contributed by atoms with E-state index in [9.17, 15) is 0 Å². The Bertz CT molecular complexity index is 642. The zero-order valence-corrected chi connectivity index (χ0v) is 9.08. The van der Waals surface area contributed by atoms with Gasteiger partial charge in [-0.1, -0.05) is 11.2 Å². The number of fused-ring (bicyclic) bond motifs is 1. The Hall–Kier alpha value is -2.21. The molecule has 0 spiro atoms. The van der Waals surface area contributed by atoms with Gasteiger partial charge in [0.15, 0.2) is 5.82 Å². The van der Waals surface area contributed by atoms with E-state index in [1.165, 1.54) is 0 Å². The van der Waals surface area contributed by atoms with E-state index >= 15 is 0 Å². The van der Waals surface area contributed by atoms with Crippen LogP contribution >= 0.6 is 0 Å². The van der Waals surface area contributed by atoms with E-state index in [4.69, 9.17) is 10.3 Å². The summed E-state index contributed by atoms with van der Waals surface area (Å²) in [6.07, 6.45) is 4.20. The van der Waals surface area contributed by atoms with Crippen LogP contribution in [0.2, 0.25) is 0 Å². The minimum absolute atomic E-state index is 0.481. The molecule has 3 aromatic heterocycles. The van der Waals surface area contributed by atoms with Crippen LogP contribution in [0.3, 0.4) is 0 Å². The second-order valence-electron chi connectivity index (χ2n) is 3.64. The van der Waals surface area contributed by atoms with Gasteiger partial charge < -0.3 is 10.3 Å². The van der Waals surface area contributed by atoms with Gasteiger partial charge in [-0.25, -0.2) is 4.52 Å². The molecule has 0 atom stereocenters. The van der Waals surface area contributed by atoms with Crippen LogP contribution in [0.5, 0.6) is 0 Å². The number of nitrogens with two attached hydrogens (primary N) is 1. The molecule has 6 nitrogen and oxygen atoms in total. The maximum atomic E-state index is 5.44. The number of pyridine rings is 1. The third kappa shape index (κ3) is 1.68. The normalized spacial score (nSPS) is 11.1. The van der Waals surface area contributed by atoms with E-state index in [-0.39, 0.29) is 0 Å². The molecule has 0 saturated carbocycles. The third-order valence-electron chi connectivity index (χ3n) is 2.49. The molecule has 0 radical (unpaired) electrons. The quantitative estimate of drug-likeness (QED) is 0.721. The first-order valence-electron chi connectivity index (χ1n) is 5.34. The molecule has 3 rings (SSSR count). The molecule has 3 heterocycles. The van der Waals surface area contributed by atoms with Gasteiger partial charge in [-0.3, -0.25) is 0 Å². The summed E-state index contributed by atoms with van der Waals surface area (Å²) in [6.45, 7) is 0.508. The lowest BCUT2D eigenvalue weighted by Crippen LogP contribution is -2.03. The largest absolute Gasteiger partial charge is 0.334 e. The lowest BCUT2D eigenvalue weighted by molar-refractivity contribution is 0.423. The van der Waals surface area contributed by atoms with Crippen molar-refractivity contribution in [2.24, 2.45) is 5.73 Å². The molecule has 17 heavy (non-hydrogen) atoms. The SMILES string of the molecule is NCCc1noc(-c2cnn3ccccc23)n1. The van der Waals surface area contributed by atoms with Crippen LogP contribution < -0.4 is 5.73 Å². The number of hydrogen-bond acceptors (Lipinski definition) is 5. The highest BCUT2D eigenvalue weighted by molar-refractivity contribution is 5.74. The van der Waals surface area contributed by atoms with Crippen molar-refractivity contribution in [3.63, 3.8) is 0 Å². The van der Waals surface area contributed by atoms with Crippen LogP contribution in [-0.2, 0) is 6.42 Å². The van der Waals surface area contributed by atoms with Crippen molar-refractivity contribution in [3.8, 4) is 11.5 Å². The van der Waals surface area contributed by atoms with Gasteiger partial charge >= 0.3 is 0 Å². The van der Waals surface area contributed by atoms with Crippen LogP contribution in [0.4, 0.5) is 0 Å². The molecule has 0 fully saturated rings. The molecule has 0 amide bonds. The molecule has 0 saturated heterocycles. The van der Waals surface area contributed by atoms with Crippen LogP contribution in [-0.4, -0.2) is 26.3 Å². The topological polar surface area (TPSA) is 82.2 Å². The van der Waals surface area contributed by atoms with E-state index < -0.39 is 0 Å². The standard InChI is InChI=1S/C11H11N5O/c12-5-4-10-14-11(17-15-10)8-7-13-16-6-2-1-3-9(8)16/h1-3,6-7H,4-5,12H2. The molecule has 0 unspecified atom stereocenters. The summed E-state index contributed by atoms with van der Waals surface area (Å²) in [6, 6.07) is 5.81. The van der Waals surface area contributed by atoms with E-state index in [1.807, 2.05) is 24.4 Å². The fourth-order valence-corrected chi connectivity index (χ4v) is 1.69. The van der Waals surface area contributed by atoms with Crippen molar-refractivity contribution in [1.29, 1.82) is 0 Å². The van der Waals surface area contributed by atoms with Crippen molar-refractivity contribution in [2.45, 2.75) is 6.42 Å². The smallest absolute Gasteiger partial charge is 0.261 e. The van der Waals surface area contributed by atoms with E-state index in [1.54, 1.807) is 10.7 Å². The maximum absolute atomic E-state index is 5.44. The summed E-state index contributed by atoms with van der Waals surface area (Å²) < 4.78 is 6.97. The molecule has 0 aliphatic rings. The van der Waals surface area contributed by atoms with Gasteiger partial charge in [0.05, 0.1) is 17.3 Å². The van der Waals surface area contributed by atoms with Crippen molar-refractivity contribution in [1.82, 2.24) is 19.8 Å². The summed E-state index contributed by atoms with van der Waals surface area (Å²) in [7, 11) is 0. The second-order valence-corrected chi connectivity index (χ2v) is 3.64. The minimum atomic E-state index is 0.481. The van der Waals surface area contributed by atoms with E-state index in [2.05, 4.69) is 15.2 Å². The van der Waals surface area contributed by atoms with Gasteiger partial charge in [0.2, 0.25) is 0 Å². The van der Waals surface area contributed by atoms with Crippen molar-refractivity contribution in [2.75, 3.05) is 6.54 Å². The molecule has 0 aromatic carbocycles. The predicted octanol–water partition coefficient (Wildman–Crippen LogP) is 0.885. The van der Waals surface area contributed by atoms with Gasteiger partial charge in [0.1, 0.15) is 0 Å². The van der Waals surface area contributed by atoms with Crippen LogP contribution in [0.1, 0.15) is 5.82 Å². The highest BCUT2D eigenvalue weighted by atomic mass is 16.5. The van der Waals surface area contributed by atoms with E-state index in [0.29, 0.717) is 24.7 Å². The zero-order chi connectivity index (χ0) is 11.7. The first-order valence-corrected chi connectivity index (χ1v) is 5.34. The molecule has 0 aliphatic carbocycles. The number of aromatic nitrogens is 4. The summed E-state index contributed by atoms with van der Waals surface area (Å²) in [5, 5.41) is 8.08. The summed E-state index contributed by atoms with van der Waals surface area (Å²) in [5.41, 5.74) is 7.22. The molecular weight excluding hydrogens is 218 g/mol. The van der Waals surface area contributed by atoms with Crippen LogP contribution in [0.25, 0.3) is 17.0 Å². The molecule has 2 N–H and O–H groups in total. The Kier molecular flexibility index (Phi) is 2.34. The molecule has 0 aliphatic heterocycles. The number of hydrogen-bond donors (Lipinski definition) is 1. The summed E-state index contributed by atoms with van der Waals surface area (Å²) >= 11 is 0. The summed E-state index contributed by atoms with van der Waals surface area (Å²) in [4.78, 5) is 4.28. The van der Waals surface area contributed by atoms with Gasteiger partial charge in [-0.05, 0) is 18.7 Å². The highest BCUT2D eigenvalue weighted by Crippen LogP contribution is 2.22. The Morgan fingerprint density at radius 3 is 3.18 bits per heavy atom. The first kappa shape index (κ1) is 9.98. The van der Waals surface area contributed by atoms with Crippen molar-refractivity contribution in [3.05, 3.63) is 36.4 Å². The molecule has 6 heteroatoms. The maximum Gasteiger partial charge on any atom is 0.261 e. The second kappa shape index (κ2) is 3.99. The first-order chi connectivity index (χ1) is 8.38. The fraction of sp³-hybridized carbons (Fsp3) is 0.182. The van der Waals surface area contributed by atoms with E-state index in [0.717, 1.165) is 11.1 Å². The van der Waals surface area contributed by atoms with Crippen LogP contribution in [0, 0.1) is 0 Å². The molecular formula is C11H11N5O.